The van der Waals surface area contributed by atoms with E-state index in [2.05, 4.69) is 90.7 Å². The fourth-order valence-corrected chi connectivity index (χ4v) is 4.47. The molecule has 30 heavy (non-hydrogen) atoms. The van der Waals surface area contributed by atoms with Gasteiger partial charge >= 0.3 is 0 Å². The summed E-state index contributed by atoms with van der Waals surface area (Å²) in [4.78, 5) is 12.4. The van der Waals surface area contributed by atoms with E-state index >= 15 is 0 Å². The molecule has 1 fully saturated rings. The van der Waals surface area contributed by atoms with Crippen molar-refractivity contribution in [2.24, 2.45) is 5.92 Å². The second kappa shape index (κ2) is 8.27. The molecule has 0 aliphatic carbocycles. The second-order valence-electron chi connectivity index (χ2n) is 8.38. The maximum absolute atomic E-state index is 5.05. The molecule has 0 unspecified atom stereocenters. The number of aryl methyl sites for hydroxylation is 1. The number of fused-ring (bicyclic) bond motifs is 1. The first-order valence-electron chi connectivity index (χ1n) is 10.9. The van der Waals surface area contributed by atoms with Crippen LogP contribution in [-0.2, 0) is 6.42 Å². The summed E-state index contributed by atoms with van der Waals surface area (Å²) in [6, 6.07) is 27.8. The third-order valence-electron chi connectivity index (χ3n) is 6.15. The maximum Gasteiger partial charge on any atom is 0.226 e. The van der Waals surface area contributed by atoms with E-state index in [1.54, 1.807) is 0 Å². The average molecular weight is 394 g/mol. The van der Waals surface area contributed by atoms with Crippen LogP contribution in [0.1, 0.15) is 24.0 Å². The van der Waals surface area contributed by atoms with Crippen LogP contribution in [0.25, 0.3) is 22.2 Å². The molecule has 3 aromatic carbocycles. The monoisotopic (exact) mass is 393 g/mol. The number of anilines is 1. The van der Waals surface area contributed by atoms with Crippen LogP contribution in [-0.4, -0.2) is 23.1 Å². The van der Waals surface area contributed by atoms with Crippen molar-refractivity contribution in [3.05, 3.63) is 90.0 Å². The highest BCUT2D eigenvalue weighted by Crippen LogP contribution is 2.31. The van der Waals surface area contributed by atoms with E-state index in [4.69, 9.17) is 9.97 Å². The largest absolute Gasteiger partial charge is 0.341 e. The molecule has 3 nitrogen and oxygen atoms in total. The Hall–Kier alpha value is -3.20. The minimum atomic E-state index is 0.736. The lowest BCUT2D eigenvalue weighted by Gasteiger charge is -2.32. The lowest BCUT2D eigenvalue weighted by atomic mass is 9.90. The Morgan fingerprint density at radius 1 is 0.833 bits per heavy atom. The zero-order valence-corrected chi connectivity index (χ0v) is 17.5. The van der Waals surface area contributed by atoms with Crippen molar-refractivity contribution in [1.29, 1.82) is 0 Å². The van der Waals surface area contributed by atoms with E-state index in [1.807, 2.05) is 0 Å². The third kappa shape index (κ3) is 3.93. The van der Waals surface area contributed by atoms with Crippen molar-refractivity contribution in [1.82, 2.24) is 9.97 Å². The quantitative estimate of drug-likeness (QED) is 0.422. The van der Waals surface area contributed by atoms with Gasteiger partial charge in [-0.1, -0.05) is 72.8 Å². The molecule has 1 aliphatic heterocycles. The van der Waals surface area contributed by atoms with Crippen molar-refractivity contribution < 1.29 is 0 Å². The zero-order valence-electron chi connectivity index (χ0n) is 17.5. The van der Waals surface area contributed by atoms with Gasteiger partial charge in [0.2, 0.25) is 5.95 Å². The Morgan fingerprint density at radius 3 is 2.27 bits per heavy atom. The molecule has 1 saturated heterocycles. The molecule has 0 N–H and O–H groups in total. The first-order valence-corrected chi connectivity index (χ1v) is 10.9. The van der Waals surface area contributed by atoms with Crippen LogP contribution in [0.5, 0.6) is 0 Å². The van der Waals surface area contributed by atoms with Gasteiger partial charge in [-0.3, -0.25) is 0 Å². The number of hydrogen-bond acceptors (Lipinski definition) is 3. The van der Waals surface area contributed by atoms with Crippen LogP contribution in [0.15, 0.2) is 78.9 Å². The van der Waals surface area contributed by atoms with Crippen LogP contribution in [0, 0.1) is 12.8 Å². The lowest BCUT2D eigenvalue weighted by Crippen LogP contribution is -2.35. The molecular formula is C27H27N3. The van der Waals surface area contributed by atoms with Gasteiger partial charge in [0, 0.05) is 24.0 Å². The summed E-state index contributed by atoms with van der Waals surface area (Å²) in [5, 5.41) is 1.12. The summed E-state index contributed by atoms with van der Waals surface area (Å²) in [7, 11) is 0. The van der Waals surface area contributed by atoms with E-state index in [1.165, 1.54) is 30.4 Å². The predicted octanol–water partition coefficient (Wildman–Crippen LogP) is 6.06. The van der Waals surface area contributed by atoms with Crippen molar-refractivity contribution >= 4 is 16.9 Å². The molecule has 0 saturated carbocycles. The van der Waals surface area contributed by atoms with Gasteiger partial charge in [0.25, 0.3) is 0 Å². The van der Waals surface area contributed by atoms with Crippen LogP contribution in [0.2, 0.25) is 0 Å². The van der Waals surface area contributed by atoms with Crippen molar-refractivity contribution in [2.45, 2.75) is 26.2 Å². The van der Waals surface area contributed by atoms with Crippen LogP contribution in [0.3, 0.4) is 0 Å². The summed E-state index contributed by atoms with van der Waals surface area (Å²) in [5.74, 6) is 1.60. The summed E-state index contributed by atoms with van der Waals surface area (Å²) < 4.78 is 0. The van der Waals surface area contributed by atoms with E-state index in [0.29, 0.717) is 0 Å². The average Bonchev–Trinajstić information content (AvgIpc) is 2.80. The topological polar surface area (TPSA) is 29.0 Å². The molecule has 0 radical (unpaired) electrons. The van der Waals surface area contributed by atoms with Gasteiger partial charge in [0.1, 0.15) is 0 Å². The number of benzene rings is 3. The van der Waals surface area contributed by atoms with Crippen LogP contribution >= 0.6 is 0 Å². The lowest BCUT2D eigenvalue weighted by molar-refractivity contribution is 0.401. The standard InChI is InChI=1S/C27H27N3/c1-20-12-13-24-25(18-20)28-27(29-26(24)23-10-6-3-7-11-23)30-16-14-22(15-17-30)19-21-8-4-2-5-9-21/h2-13,18,22H,14-17,19H2,1H3. The first-order chi connectivity index (χ1) is 14.8. The van der Waals surface area contributed by atoms with Gasteiger partial charge in [0.05, 0.1) is 11.2 Å². The highest BCUT2D eigenvalue weighted by Gasteiger charge is 2.22. The Morgan fingerprint density at radius 2 is 1.53 bits per heavy atom. The number of hydrogen-bond donors (Lipinski definition) is 0. The highest BCUT2D eigenvalue weighted by atomic mass is 15.3. The minimum absolute atomic E-state index is 0.736. The van der Waals surface area contributed by atoms with Gasteiger partial charge in [-0.2, -0.15) is 0 Å². The van der Waals surface area contributed by atoms with E-state index < -0.39 is 0 Å². The van der Waals surface area contributed by atoms with Gasteiger partial charge in [-0.25, -0.2) is 9.97 Å². The Kier molecular flexibility index (Phi) is 5.18. The van der Waals surface area contributed by atoms with E-state index in [0.717, 1.165) is 47.1 Å². The molecule has 1 aromatic heterocycles. The fourth-order valence-electron chi connectivity index (χ4n) is 4.47. The van der Waals surface area contributed by atoms with E-state index in [-0.39, 0.29) is 0 Å². The van der Waals surface area contributed by atoms with Crippen molar-refractivity contribution in [3.8, 4) is 11.3 Å². The zero-order chi connectivity index (χ0) is 20.3. The molecular weight excluding hydrogens is 366 g/mol. The highest BCUT2D eigenvalue weighted by molar-refractivity contribution is 5.93. The van der Waals surface area contributed by atoms with Gasteiger partial charge in [-0.15, -0.1) is 0 Å². The van der Waals surface area contributed by atoms with Gasteiger partial charge in [-0.05, 0) is 49.3 Å². The molecule has 0 atom stereocenters. The molecule has 150 valence electrons. The maximum atomic E-state index is 5.05. The van der Waals surface area contributed by atoms with Gasteiger partial charge in [0.15, 0.2) is 0 Å². The predicted molar refractivity (Wildman–Crippen MR) is 125 cm³/mol. The fraction of sp³-hybridized carbons (Fsp3) is 0.259. The number of rotatable bonds is 4. The molecule has 1 aliphatic rings. The molecule has 4 aromatic rings. The second-order valence-corrected chi connectivity index (χ2v) is 8.38. The molecule has 0 amide bonds. The smallest absolute Gasteiger partial charge is 0.226 e. The number of aromatic nitrogens is 2. The van der Waals surface area contributed by atoms with Crippen LogP contribution < -0.4 is 4.90 Å². The Bertz CT molecular complexity index is 1130. The Balaban J connectivity index is 1.42. The third-order valence-corrected chi connectivity index (χ3v) is 6.15. The molecule has 2 heterocycles. The summed E-state index contributed by atoms with van der Waals surface area (Å²) in [5.41, 5.74) is 5.88. The van der Waals surface area contributed by atoms with E-state index in [9.17, 15) is 0 Å². The SMILES string of the molecule is Cc1ccc2c(-c3ccccc3)nc(N3CCC(Cc4ccccc4)CC3)nc2c1. The Labute approximate surface area is 178 Å². The summed E-state index contributed by atoms with van der Waals surface area (Å²) in [6.07, 6.45) is 3.54. The van der Waals surface area contributed by atoms with Crippen molar-refractivity contribution in [3.63, 3.8) is 0 Å². The number of piperidine rings is 1. The molecule has 0 bridgehead atoms. The summed E-state index contributed by atoms with van der Waals surface area (Å²) >= 11 is 0. The summed E-state index contributed by atoms with van der Waals surface area (Å²) in [6.45, 7) is 4.16. The molecule has 3 heteroatoms. The normalized spacial score (nSPS) is 14.9. The van der Waals surface area contributed by atoms with Crippen LogP contribution in [0.4, 0.5) is 5.95 Å². The number of nitrogens with zero attached hydrogens (tertiary/aromatic N) is 3. The minimum Gasteiger partial charge on any atom is -0.341 e. The van der Waals surface area contributed by atoms with Gasteiger partial charge < -0.3 is 4.90 Å². The van der Waals surface area contributed by atoms with Crippen molar-refractivity contribution in [2.75, 3.05) is 18.0 Å². The first kappa shape index (κ1) is 18.8. The molecule has 0 spiro atoms. The molecule has 5 rings (SSSR count).